The largest absolute Gasteiger partial charge is 0.462 e. The molecule has 1 saturated heterocycles. The zero-order valence-corrected chi connectivity index (χ0v) is 22.5. The van der Waals surface area contributed by atoms with Crippen LogP contribution in [0, 0.1) is 6.92 Å². The Morgan fingerprint density at radius 3 is 2.63 bits per heavy atom. The van der Waals surface area contributed by atoms with E-state index in [4.69, 9.17) is 18.5 Å². The van der Waals surface area contributed by atoms with E-state index in [0.29, 0.717) is 11.5 Å². The van der Waals surface area contributed by atoms with Crippen LogP contribution < -0.4 is 9.61 Å². The number of fused-ring (bicyclic) bond motifs is 1. The normalized spacial score (nSPS) is 25.8. The van der Waals surface area contributed by atoms with Gasteiger partial charge in [0.15, 0.2) is 23.2 Å². The number of nitrogens with zero attached hydrogens (tertiary/aromatic N) is 4. The summed E-state index contributed by atoms with van der Waals surface area (Å²) in [5, 5.41) is 13.4. The van der Waals surface area contributed by atoms with Gasteiger partial charge in [0.1, 0.15) is 29.8 Å². The fourth-order valence-corrected chi connectivity index (χ4v) is 5.55. The summed E-state index contributed by atoms with van der Waals surface area (Å²) < 4.78 is 53.3. The van der Waals surface area contributed by atoms with Crippen LogP contribution in [0.25, 0.3) is 11.3 Å². The first-order chi connectivity index (χ1) is 17.9. The predicted molar refractivity (Wildman–Crippen MR) is 134 cm³/mol. The molecule has 2 N–H and O–H groups in total. The number of nitrogens with one attached hydrogen (secondary N) is 1. The molecule has 0 radical (unpaired) electrons. The number of aliphatic hydroxyl groups is 1. The van der Waals surface area contributed by atoms with Gasteiger partial charge in [-0.25, -0.2) is 23.9 Å². The second-order valence-corrected chi connectivity index (χ2v) is 11.1. The summed E-state index contributed by atoms with van der Waals surface area (Å²) in [7, 11) is -4.25. The Bertz CT molecular complexity index is 1320. The minimum atomic E-state index is -4.25. The van der Waals surface area contributed by atoms with Crippen LogP contribution in [0.1, 0.15) is 39.7 Å². The average molecular weight is 552 g/mol. The number of carbonyl (C=O) groups excluding carboxylic acids is 1. The zero-order chi connectivity index (χ0) is 27.7. The number of benzene rings is 1. The van der Waals surface area contributed by atoms with Crippen molar-refractivity contribution in [1.82, 2.24) is 24.6 Å². The number of para-hydroxylation sites is 1. The molecule has 2 aromatic heterocycles. The van der Waals surface area contributed by atoms with Crippen molar-refractivity contribution in [2.45, 2.75) is 70.9 Å². The van der Waals surface area contributed by atoms with Crippen LogP contribution in [0.5, 0.6) is 5.75 Å². The van der Waals surface area contributed by atoms with E-state index in [1.807, 2.05) is 0 Å². The lowest BCUT2D eigenvalue weighted by Crippen LogP contribution is -2.41. The second-order valence-electron chi connectivity index (χ2n) is 9.39. The molecule has 12 nitrogen and oxygen atoms in total. The van der Waals surface area contributed by atoms with Gasteiger partial charge in [-0.3, -0.25) is 13.9 Å². The highest BCUT2D eigenvalue weighted by atomic mass is 31.2. The SMILES string of the molecule is Cc1nc2nccnc2n1[C@@H]1O[C@H](CO[P@@](=O)(NC(C)C(=O)OC(C)C)Oc2ccccc2)[C@@H](O)[C@@]1(C)F. The molecule has 1 unspecified atom stereocenters. The number of imidazole rings is 1. The molecule has 14 heteroatoms. The highest BCUT2D eigenvalue weighted by Crippen LogP contribution is 2.48. The molecule has 0 amide bonds. The van der Waals surface area contributed by atoms with Crippen molar-refractivity contribution < 1.29 is 37.4 Å². The molecule has 0 bridgehead atoms. The summed E-state index contributed by atoms with van der Waals surface area (Å²) in [4.78, 5) is 25.0. The van der Waals surface area contributed by atoms with Gasteiger partial charge in [0.05, 0.1) is 12.7 Å². The Hall–Kier alpha value is -2.96. The third kappa shape index (κ3) is 5.87. The topological polar surface area (TPSA) is 147 Å². The second kappa shape index (κ2) is 11.0. The Kier molecular flexibility index (Phi) is 8.15. The third-order valence-corrected chi connectivity index (χ3v) is 7.53. The van der Waals surface area contributed by atoms with Crippen LogP contribution in [0.3, 0.4) is 0 Å². The van der Waals surface area contributed by atoms with E-state index in [1.165, 1.54) is 30.8 Å². The maximum atomic E-state index is 15.9. The number of rotatable bonds is 10. The summed E-state index contributed by atoms with van der Waals surface area (Å²) in [6.45, 7) is 7.10. The highest BCUT2D eigenvalue weighted by Gasteiger charge is 2.56. The van der Waals surface area contributed by atoms with E-state index in [-0.39, 0.29) is 11.4 Å². The van der Waals surface area contributed by atoms with E-state index < -0.39 is 56.6 Å². The fourth-order valence-electron chi connectivity index (χ4n) is 4.05. The number of carbonyl (C=O) groups is 1. The highest BCUT2D eigenvalue weighted by molar-refractivity contribution is 7.52. The van der Waals surface area contributed by atoms with Gasteiger partial charge < -0.3 is 19.1 Å². The van der Waals surface area contributed by atoms with Gasteiger partial charge in [-0.1, -0.05) is 18.2 Å². The molecule has 1 aliphatic heterocycles. The van der Waals surface area contributed by atoms with E-state index in [9.17, 15) is 14.5 Å². The van der Waals surface area contributed by atoms with E-state index in [0.717, 1.165) is 0 Å². The number of aromatic nitrogens is 4. The molecular weight excluding hydrogens is 520 g/mol. The lowest BCUT2D eigenvalue weighted by atomic mass is 9.98. The van der Waals surface area contributed by atoms with Gasteiger partial charge in [-0.05, 0) is 46.8 Å². The average Bonchev–Trinajstić information content (AvgIpc) is 3.29. The summed E-state index contributed by atoms with van der Waals surface area (Å²) in [5.74, 6) is -0.0865. The summed E-state index contributed by atoms with van der Waals surface area (Å²) in [6, 6.07) is 7.11. The van der Waals surface area contributed by atoms with Crippen LogP contribution in [-0.2, 0) is 23.4 Å². The van der Waals surface area contributed by atoms with Crippen molar-refractivity contribution in [2.24, 2.45) is 0 Å². The monoisotopic (exact) mass is 551 g/mol. The Balaban J connectivity index is 1.55. The molecule has 0 aliphatic carbocycles. The lowest BCUT2D eigenvalue weighted by Gasteiger charge is -2.25. The molecule has 6 atom stereocenters. The van der Waals surface area contributed by atoms with Crippen LogP contribution >= 0.6 is 7.75 Å². The van der Waals surface area contributed by atoms with E-state index in [1.54, 1.807) is 51.1 Å². The molecule has 1 fully saturated rings. The number of aryl methyl sites for hydroxylation is 1. The number of hydrogen-bond acceptors (Lipinski definition) is 10. The Morgan fingerprint density at radius 1 is 1.26 bits per heavy atom. The van der Waals surface area contributed by atoms with Gasteiger partial charge in [-0.2, -0.15) is 5.09 Å². The standard InChI is InChI=1S/C24H31FN5O7P/c1-14(2)35-22(32)15(3)29-38(33,37-17-9-7-6-8-10-17)34-13-18-19(31)24(5,25)23(36-18)30-16(4)28-20-21(30)27-12-11-26-20/h6-12,14-15,18-19,23,31H,13H2,1-5H3,(H,29,33)/t15?,18-,19-,23-,24-,38+/m1/s1. The number of halogens is 1. The smallest absolute Gasteiger partial charge is 0.459 e. The van der Waals surface area contributed by atoms with Gasteiger partial charge in [0, 0.05) is 12.4 Å². The quantitative estimate of drug-likeness (QED) is 0.283. The molecule has 38 heavy (non-hydrogen) atoms. The summed E-state index contributed by atoms with van der Waals surface area (Å²) >= 11 is 0. The summed E-state index contributed by atoms with van der Waals surface area (Å²) in [6.07, 6.45) is -1.74. The molecular formula is C24H31FN5O7P. The van der Waals surface area contributed by atoms with Crippen LogP contribution in [-0.4, -0.2) is 67.2 Å². The van der Waals surface area contributed by atoms with Crippen molar-refractivity contribution in [3.8, 4) is 5.75 Å². The molecule has 3 aromatic rings. The molecule has 3 heterocycles. The van der Waals surface area contributed by atoms with Crippen molar-refractivity contribution in [1.29, 1.82) is 0 Å². The third-order valence-electron chi connectivity index (χ3n) is 5.89. The molecule has 0 saturated carbocycles. The first-order valence-corrected chi connectivity index (χ1v) is 13.6. The molecule has 1 aromatic carbocycles. The zero-order valence-electron chi connectivity index (χ0n) is 21.6. The van der Waals surface area contributed by atoms with Gasteiger partial charge in [0.2, 0.25) is 0 Å². The van der Waals surface area contributed by atoms with Gasteiger partial charge in [-0.15, -0.1) is 0 Å². The minimum Gasteiger partial charge on any atom is -0.462 e. The van der Waals surface area contributed by atoms with Crippen LogP contribution in [0.15, 0.2) is 42.7 Å². The van der Waals surface area contributed by atoms with Crippen molar-refractivity contribution in [3.05, 3.63) is 48.5 Å². The van der Waals surface area contributed by atoms with Crippen molar-refractivity contribution in [2.75, 3.05) is 6.61 Å². The number of esters is 1. The molecule has 1 aliphatic rings. The van der Waals surface area contributed by atoms with Crippen LogP contribution in [0.2, 0.25) is 0 Å². The predicted octanol–water partition coefficient (Wildman–Crippen LogP) is 3.25. The number of hydrogen-bond donors (Lipinski definition) is 2. The van der Waals surface area contributed by atoms with Crippen LogP contribution in [0.4, 0.5) is 4.39 Å². The Labute approximate surface area is 219 Å². The van der Waals surface area contributed by atoms with Crippen molar-refractivity contribution in [3.63, 3.8) is 0 Å². The first-order valence-electron chi connectivity index (χ1n) is 12.1. The Morgan fingerprint density at radius 2 is 1.95 bits per heavy atom. The minimum absolute atomic E-state index is 0.202. The van der Waals surface area contributed by atoms with E-state index >= 15 is 4.39 Å². The lowest BCUT2D eigenvalue weighted by molar-refractivity contribution is -0.149. The fraction of sp³-hybridized carbons (Fsp3) is 0.500. The maximum absolute atomic E-state index is 15.9. The number of aliphatic hydroxyl groups excluding tert-OH is 1. The molecule has 0 spiro atoms. The molecule has 4 rings (SSSR count). The first kappa shape index (κ1) is 28.1. The summed E-state index contributed by atoms with van der Waals surface area (Å²) in [5.41, 5.74) is -1.72. The molecule has 206 valence electrons. The van der Waals surface area contributed by atoms with Crippen molar-refractivity contribution >= 4 is 25.0 Å². The van der Waals surface area contributed by atoms with Gasteiger partial charge in [0.25, 0.3) is 0 Å². The number of alkyl halides is 1. The van der Waals surface area contributed by atoms with E-state index in [2.05, 4.69) is 20.0 Å². The number of ether oxygens (including phenoxy) is 2. The maximum Gasteiger partial charge on any atom is 0.459 e. The van der Waals surface area contributed by atoms with Gasteiger partial charge >= 0.3 is 13.7 Å².